The smallest absolute Gasteiger partial charge is 0.410 e. The van der Waals surface area contributed by atoms with E-state index in [-0.39, 0.29) is 18.2 Å². The van der Waals surface area contributed by atoms with Gasteiger partial charge in [-0.15, -0.1) is 0 Å². The van der Waals surface area contributed by atoms with Crippen molar-refractivity contribution < 1.29 is 14.3 Å². The van der Waals surface area contributed by atoms with Crippen LogP contribution in [0, 0.1) is 11.8 Å². The summed E-state index contributed by atoms with van der Waals surface area (Å²) in [6, 6.07) is 0.0642. The average molecular weight is 464 g/mol. The molecule has 1 atom stereocenters. The van der Waals surface area contributed by atoms with E-state index < -0.39 is 5.60 Å². The highest BCUT2D eigenvalue weighted by molar-refractivity contribution is 5.75. The standard InChI is InChI=1S/C27H49N3O3/c1-27(2,3)33-26(32)30-20-17-24(21-30)28-25(31)29-18-11-15-23(16-12-19-29)22-13-9-7-5-4-6-8-10-14-22/h22-24H,4-21H2,1-3H3,(H,28,31)/t24-/m1/s1. The molecule has 0 aromatic rings. The van der Waals surface area contributed by atoms with Crippen molar-refractivity contribution in [3.05, 3.63) is 0 Å². The van der Waals surface area contributed by atoms with Crippen LogP contribution in [0.5, 0.6) is 0 Å². The fraction of sp³-hybridized carbons (Fsp3) is 0.926. The molecule has 3 aliphatic rings. The Morgan fingerprint density at radius 2 is 1.21 bits per heavy atom. The third kappa shape index (κ3) is 9.01. The van der Waals surface area contributed by atoms with Crippen LogP contribution >= 0.6 is 0 Å². The van der Waals surface area contributed by atoms with Gasteiger partial charge in [-0.25, -0.2) is 9.59 Å². The normalized spacial score (nSPS) is 25.2. The summed E-state index contributed by atoms with van der Waals surface area (Å²) in [4.78, 5) is 29.0. The number of nitrogens with zero attached hydrogens (tertiary/aromatic N) is 2. The largest absolute Gasteiger partial charge is 0.444 e. The Kier molecular flexibility index (Phi) is 10.2. The summed E-state index contributed by atoms with van der Waals surface area (Å²) >= 11 is 0. The van der Waals surface area contributed by atoms with Crippen molar-refractivity contribution in [3.63, 3.8) is 0 Å². The van der Waals surface area contributed by atoms with Gasteiger partial charge < -0.3 is 19.9 Å². The molecule has 0 spiro atoms. The highest BCUT2D eigenvalue weighted by atomic mass is 16.6. The topological polar surface area (TPSA) is 61.9 Å². The van der Waals surface area contributed by atoms with Gasteiger partial charge in [0.15, 0.2) is 0 Å². The van der Waals surface area contributed by atoms with Crippen molar-refractivity contribution in [3.8, 4) is 0 Å². The molecule has 2 saturated heterocycles. The molecule has 6 heteroatoms. The summed E-state index contributed by atoms with van der Waals surface area (Å²) in [5, 5.41) is 3.18. The summed E-state index contributed by atoms with van der Waals surface area (Å²) in [6.45, 7) is 8.54. The van der Waals surface area contributed by atoms with Crippen LogP contribution < -0.4 is 5.32 Å². The van der Waals surface area contributed by atoms with E-state index in [9.17, 15) is 9.59 Å². The van der Waals surface area contributed by atoms with E-state index in [2.05, 4.69) is 5.32 Å². The van der Waals surface area contributed by atoms with Gasteiger partial charge in [0.05, 0.1) is 0 Å². The number of amides is 3. The van der Waals surface area contributed by atoms with Crippen LogP contribution in [0.3, 0.4) is 0 Å². The molecule has 1 aliphatic carbocycles. The monoisotopic (exact) mass is 463 g/mol. The molecule has 3 amide bonds. The zero-order chi connectivity index (χ0) is 23.7. The maximum Gasteiger partial charge on any atom is 0.410 e. The third-order valence-electron chi connectivity index (χ3n) is 7.78. The Labute approximate surface area is 202 Å². The van der Waals surface area contributed by atoms with Crippen molar-refractivity contribution >= 4 is 12.1 Å². The van der Waals surface area contributed by atoms with Gasteiger partial charge >= 0.3 is 12.1 Å². The lowest BCUT2D eigenvalue weighted by atomic mass is 9.77. The van der Waals surface area contributed by atoms with Crippen molar-refractivity contribution in [2.45, 2.75) is 122 Å². The van der Waals surface area contributed by atoms with E-state index in [1.54, 1.807) is 4.90 Å². The lowest BCUT2D eigenvalue weighted by molar-refractivity contribution is 0.0291. The lowest BCUT2D eigenvalue weighted by Gasteiger charge is -2.33. The zero-order valence-electron chi connectivity index (χ0n) is 21.6. The van der Waals surface area contributed by atoms with E-state index in [0.29, 0.717) is 13.1 Å². The summed E-state index contributed by atoms with van der Waals surface area (Å²) in [5.41, 5.74) is -0.491. The summed E-state index contributed by atoms with van der Waals surface area (Å²) in [6.07, 6.45) is 18.1. The van der Waals surface area contributed by atoms with Gasteiger partial charge in [-0.2, -0.15) is 0 Å². The van der Waals surface area contributed by atoms with Crippen molar-refractivity contribution in [2.24, 2.45) is 11.8 Å². The molecule has 33 heavy (non-hydrogen) atoms. The van der Waals surface area contributed by atoms with E-state index in [0.717, 1.165) is 44.2 Å². The van der Waals surface area contributed by atoms with E-state index in [1.807, 2.05) is 25.7 Å². The Morgan fingerprint density at radius 3 is 1.76 bits per heavy atom. The molecule has 6 nitrogen and oxygen atoms in total. The van der Waals surface area contributed by atoms with Crippen LogP contribution in [0.2, 0.25) is 0 Å². The number of hydrogen-bond donors (Lipinski definition) is 1. The Balaban J connectivity index is 1.41. The number of likely N-dealkylation sites (tertiary alicyclic amines) is 2. The first-order valence-electron chi connectivity index (χ1n) is 13.9. The molecule has 0 aromatic carbocycles. The maximum absolute atomic E-state index is 12.9. The first kappa shape index (κ1) is 26.2. The number of ether oxygens (including phenoxy) is 1. The molecule has 0 unspecified atom stereocenters. The van der Waals surface area contributed by atoms with Crippen LogP contribution in [-0.4, -0.2) is 59.7 Å². The number of carbonyl (C=O) groups excluding carboxylic acids is 2. The van der Waals surface area contributed by atoms with Gasteiger partial charge in [0.1, 0.15) is 5.60 Å². The second kappa shape index (κ2) is 12.9. The Bertz CT molecular complexity index is 598. The van der Waals surface area contributed by atoms with Crippen molar-refractivity contribution in [1.82, 2.24) is 15.1 Å². The van der Waals surface area contributed by atoms with Crippen LogP contribution in [0.1, 0.15) is 111 Å². The predicted molar refractivity (Wildman–Crippen MR) is 133 cm³/mol. The average Bonchev–Trinajstić information content (AvgIpc) is 3.19. The minimum atomic E-state index is -0.491. The molecular formula is C27H49N3O3. The SMILES string of the molecule is CC(C)(C)OC(=O)N1CC[C@@H](NC(=O)N2CCCC(C3CCCCCCCCC3)CCC2)C1. The quantitative estimate of drug-likeness (QED) is 0.520. The van der Waals surface area contributed by atoms with Crippen LogP contribution in [0.25, 0.3) is 0 Å². The molecule has 3 fully saturated rings. The first-order chi connectivity index (χ1) is 15.8. The number of carbonyl (C=O) groups is 2. The van der Waals surface area contributed by atoms with Crippen LogP contribution in [0.4, 0.5) is 9.59 Å². The fourth-order valence-electron chi connectivity index (χ4n) is 5.97. The van der Waals surface area contributed by atoms with Crippen molar-refractivity contribution in [2.75, 3.05) is 26.2 Å². The summed E-state index contributed by atoms with van der Waals surface area (Å²) < 4.78 is 5.47. The molecule has 3 rings (SSSR count). The van der Waals surface area contributed by atoms with E-state index in [4.69, 9.17) is 4.74 Å². The Morgan fingerprint density at radius 1 is 0.697 bits per heavy atom. The van der Waals surface area contributed by atoms with Crippen molar-refractivity contribution in [1.29, 1.82) is 0 Å². The first-order valence-corrected chi connectivity index (χ1v) is 13.9. The highest BCUT2D eigenvalue weighted by Crippen LogP contribution is 2.34. The molecule has 0 radical (unpaired) electrons. The molecule has 1 N–H and O–H groups in total. The second-order valence-electron chi connectivity index (χ2n) is 11.7. The fourth-order valence-corrected chi connectivity index (χ4v) is 5.97. The molecule has 0 aromatic heterocycles. The third-order valence-corrected chi connectivity index (χ3v) is 7.78. The summed E-state index contributed by atoms with van der Waals surface area (Å²) in [5.74, 6) is 1.76. The van der Waals surface area contributed by atoms with E-state index in [1.165, 1.54) is 70.6 Å². The number of urea groups is 1. The van der Waals surface area contributed by atoms with Crippen LogP contribution in [0.15, 0.2) is 0 Å². The number of hydrogen-bond acceptors (Lipinski definition) is 3. The maximum atomic E-state index is 12.9. The second-order valence-corrected chi connectivity index (χ2v) is 11.7. The van der Waals surface area contributed by atoms with Gasteiger partial charge in [0.2, 0.25) is 0 Å². The minimum absolute atomic E-state index is 0.0196. The summed E-state index contributed by atoms with van der Waals surface area (Å²) in [7, 11) is 0. The zero-order valence-corrected chi connectivity index (χ0v) is 21.6. The Hall–Kier alpha value is -1.46. The predicted octanol–water partition coefficient (Wildman–Crippen LogP) is 6.34. The van der Waals surface area contributed by atoms with E-state index >= 15 is 0 Å². The number of rotatable bonds is 2. The minimum Gasteiger partial charge on any atom is -0.444 e. The van der Waals surface area contributed by atoms with Crippen LogP contribution in [-0.2, 0) is 4.74 Å². The number of nitrogens with one attached hydrogen (secondary N) is 1. The van der Waals surface area contributed by atoms with Gasteiger partial charge in [0, 0.05) is 32.2 Å². The van der Waals surface area contributed by atoms with Gasteiger partial charge in [-0.05, 0) is 64.7 Å². The molecule has 0 bridgehead atoms. The van der Waals surface area contributed by atoms with Gasteiger partial charge in [-0.3, -0.25) is 0 Å². The molecule has 2 heterocycles. The molecular weight excluding hydrogens is 414 g/mol. The molecule has 2 aliphatic heterocycles. The van der Waals surface area contributed by atoms with Gasteiger partial charge in [0.25, 0.3) is 0 Å². The molecule has 1 saturated carbocycles. The van der Waals surface area contributed by atoms with Gasteiger partial charge in [-0.1, -0.05) is 57.8 Å². The lowest BCUT2D eigenvalue weighted by Crippen LogP contribution is -2.47. The highest BCUT2D eigenvalue weighted by Gasteiger charge is 2.32. The molecule has 190 valence electrons.